The summed E-state index contributed by atoms with van der Waals surface area (Å²) in [6.45, 7) is 1.77. The van der Waals surface area contributed by atoms with Crippen LogP contribution in [0.25, 0.3) is 16.9 Å². The van der Waals surface area contributed by atoms with Gasteiger partial charge in [-0.25, -0.2) is 14.4 Å². The van der Waals surface area contributed by atoms with Crippen molar-refractivity contribution in [1.29, 1.82) is 0 Å². The number of halogens is 4. The predicted octanol–water partition coefficient (Wildman–Crippen LogP) is 5.03. The van der Waals surface area contributed by atoms with E-state index in [4.69, 9.17) is 0 Å². The third-order valence-corrected chi connectivity index (χ3v) is 4.12. The van der Waals surface area contributed by atoms with E-state index in [1.807, 2.05) is 0 Å². The van der Waals surface area contributed by atoms with Crippen LogP contribution in [-0.4, -0.2) is 19.5 Å². The van der Waals surface area contributed by atoms with Crippen molar-refractivity contribution in [2.75, 3.05) is 5.32 Å². The number of nitrogens with zero attached hydrogens (tertiary/aromatic N) is 4. The molecular weight excluding hydrogens is 374 g/mol. The van der Waals surface area contributed by atoms with Crippen LogP contribution in [-0.2, 0) is 6.18 Å². The van der Waals surface area contributed by atoms with Crippen LogP contribution < -0.4 is 5.32 Å². The Morgan fingerprint density at radius 2 is 1.71 bits per heavy atom. The number of benzene rings is 2. The van der Waals surface area contributed by atoms with E-state index in [1.54, 1.807) is 23.6 Å². The molecule has 0 aliphatic rings. The first kappa shape index (κ1) is 17.9. The zero-order valence-electron chi connectivity index (χ0n) is 14.5. The second kappa shape index (κ2) is 6.59. The third-order valence-electron chi connectivity index (χ3n) is 4.12. The molecule has 142 valence electrons. The molecule has 2 aromatic carbocycles. The Balaban J connectivity index is 1.67. The first-order valence-corrected chi connectivity index (χ1v) is 8.23. The van der Waals surface area contributed by atoms with Crippen molar-refractivity contribution in [1.82, 2.24) is 19.5 Å². The van der Waals surface area contributed by atoms with E-state index in [0.717, 1.165) is 12.1 Å². The van der Waals surface area contributed by atoms with E-state index in [9.17, 15) is 17.6 Å². The largest absolute Gasteiger partial charge is 0.416 e. The minimum atomic E-state index is -4.40. The van der Waals surface area contributed by atoms with Crippen molar-refractivity contribution in [2.24, 2.45) is 0 Å². The molecule has 0 spiro atoms. The van der Waals surface area contributed by atoms with Crippen LogP contribution in [0.1, 0.15) is 11.4 Å². The fraction of sp³-hybridized carbons (Fsp3) is 0.105. The van der Waals surface area contributed by atoms with Gasteiger partial charge in [-0.2, -0.15) is 18.2 Å². The Kier molecular flexibility index (Phi) is 4.21. The van der Waals surface area contributed by atoms with Gasteiger partial charge >= 0.3 is 6.18 Å². The summed E-state index contributed by atoms with van der Waals surface area (Å²) in [5.41, 5.74) is 0.838. The summed E-state index contributed by atoms with van der Waals surface area (Å²) >= 11 is 0. The number of fused-ring (bicyclic) bond motifs is 1. The molecule has 2 heterocycles. The van der Waals surface area contributed by atoms with Gasteiger partial charge in [0.1, 0.15) is 17.5 Å². The number of anilines is 2. The van der Waals surface area contributed by atoms with Crippen molar-refractivity contribution in [3.05, 3.63) is 71.9 Å². The van der Waals surface area contributed by atoms with Crippen LogP contribution in [0.4, 0.5) is 29.2 Å². The van der Waals surface area contributed by atoms with Crippen molar-refractivity contribution >= 4 is 22.7 Å². The second-order valence-corrected chi connectivity index (χ2v) is 6.07. The molecule has 0 saturated heterocycles. The highest BCUT2D eigenvalue weighted by atomic mass is 19.4. The summed E-state index contributed by atoms with van der Waals surface area (Å²) in [5.74, 6) is 0.857. The lowest BCUT2D eigenvalue weighted by atomic mass is 10.2. The lowest BCUT2D eigenvalue weighted by molar-refractivity contribution is -0.137. The standard InChI is InChI=1S/C19H13F4N5/c1-11-25-15-7-4-13(20)10-16(15)28(11)17-8-9-24-18(27-17)26-14-5-2-12(3-6-14)19(21,22)23/h2-10H,1H3,(H,24,26,27). The predicted molar refractivity (Wildman–Crippen MR) is 96.1 cm³/mol. The normalized spacial score (nSPS) is 11.8. The Bertz CT molecular complexity index is 1150. The molecule has 0 amide bonds. The highest BCUT2D eigenvalue weighted by Crippen LogP contribution is 2.30. The molecule has 4 rings (SSSR count). The number of imidazole rings is 1. The van der Waals surface area contributed by atoms with Crippen LogP contribution in [0.15, 0.2) is 54.7 Å². The van der Waals surface area contributed by atoms with Gasteiger partial charge in [-0.05, 0) is 49.4 Å². The summed E-state index contributed by atoms with van der Waals surface area (Å²) in [6.07, 6.45) is -2.90. The Morgan fingerprint density at radius 3 is 2.43 bits per heavy atom. The smallest absolute Gasteiger partial charge is 0.324 e. The maximum absolute atomic E-state index is 13.7. The monoisotopic (exact) mass is 387 g/mol. The van der Waals surface area contributed by atoms with Crippen molar-refractivity contribution < 1.29 is 17.6 Å². The van der Waals surface area contributed by atoms with Gasteiger partial charge in [-0.1, -0.05) is 0 Å². The molecule has 9 heteroatoms. The van der Waals surface area contributed by atoms with E-state index >= 15 is 0 Å². The quantitative estimate of drug-likeness (QED) is 0.501. The maximum Gasteiger partial charge on any atom is 0.416 e. The molecule has 2 aromatic heterocycles. The molecule has 4 aromatic rings. The SMILES string of the molecule is Cc1nc2ccc(F)cc2n1-c1ccnc(Nc2ccc(C(F)(F)F)cc2)n1. The summed E-state index contributed by atoms with van der Waals surface area (Å²) < 4.78 is 53.3. The molecule has 28 heavy (non-hydrogen) atoms. The molecule has 0 unspecified atom stereocenters. The molecule has 0 bridgehead atoms. The Hall–Kier alpha value is -3.49. The molecule has 0 radical (unpaired) electrons. The van der Waals surface area contributed by atoms with E-state index in [1.165, 1.54) is 30.5 Å². The first-order valence-electron chi connectivity index (χ1n) is 8.23. The highest BCUT2D eigenvalue weighted by molar-refractivity contribution is 5.78. The molecule has 1 N–H and O–H groups in total. The zero-order chi connectivity index (χ0) is 19.9. The molecule has 0 atom stereocenters. The Morgan fingerprint density at radius 1 is 0.964 bits per heavy atom. The number of hydrogen-bond donors (Lipinski definition) is 1. The first-order chi connectivity index (χ1) is 13.3. The van der Waals surface area contributed by atoms with Gasteiger partial charge in [0, 0.05) is 18.0 Å². The molecule has 0 saturated carbocycles. The van der Waals surface area contributed by atoms with E-state index in [-0.39, 0.29) is 5.95 Å². The van der Waals surface area contributed by atoms with E-state index in [0.29, 0.717) is 28.4 Å². The third kappa shape index (κ3) is 3.38. The molecule has 0 aliphatic heterocycles. The van der Waals surface area contributed by atoms with Gasteiger partial charge in [0.05, 0.1) is 16.6 Å². The van der Waals surface area contributed by atoms with Crippen LogP contribution in [0.3, 0.4) is 0 Å². The van der Waals surface area contributed by atoms with Crippen molar-refractivity contribution in [3.8, 4) is 5.82 Å². The fourth-order valence-corrected chi connectivity index (χ4v) is 2.86. The average Bonchev–Trinajstić information content (AvgIpc) is 2.96. The minimum absolute atomic E-state index is 0.190. The number of rotatable bonds is 3. The van der Waals surface area contributed by atoms with Crippen LogP contribution in [0.2, 0.25) is 0 Å². The van der Waals surface area contributed by atoms with Crippen molar-refractivity contribution in [3.63, 3.8) is 0 Å². The molecular formula is C19H13F4N5. The Labute approximate surface area is 156 Å². The van der Waals surface area contributed by atoms with Gasteiger partial charge in [0.15, 0.2) is 0 Å². The van der Waals surface area contributed by atoms with Crippen LogP contribution in [0.5, 0.6) is 0 Å². The lowest BCUT2D eigenvalue weighted by Gasteiger charge is -2.10. The van der Waals surface area contributed by atoms with E-state index in [2.05, 4.69) is 20.3 Å². The molecule has 5 nitrogen and oxygen atoms in total. The van der Waals surface area contributed by atoms with Gasteiger partial charge in [0.2, 0.25) is 5.95 Å². The van der Waals surface area contributed by atoms with Crippen LogP contribution in [0, 0.1) is 12.7 Å². The number of hydrogen-bond acceptors (Lipinski definition) is 4. The molecule has 0 aliphatic carbocycles. The molecule has 0 fully saturated rings. The average molecular weight is 387 g/mol. The minimum Gasteiger partial charge on any atom is -0.324 e. The summed E-state index contributed by atoms with van der Waals surface area (Å²) in [6, 6.07) is 10.5. The summed E-state index contributed by atoms with van der Waals surface area (Å²) in [5, 5.41) is 2.87. The number of nitrogens with one attached hydrogen (secondary N) is 1. The van der Waals surface area contributed by atoms with Gasteiger partial charge in [0.25, 0.3) is 0 Å². The maximum atomic E-state index is 13.7. The van der Waals surface area contributed by atoms with Gasteiger partial charge in [-0.3, -0.25) is 4.57 Å². The number of aromatic nitrogens is 4. The van der Waals surface area contributed by atoms with Gasteiger partial charge in [-0.15, -0.1) is 0 Å². The van der Waals surface area contributed by atoms with Crippen molar-refractivity contribution in [2.45, 2.75) is 13.1 Å². The zero-order valence-corrected chi connectivity index (χ0v) is 14.5. The van der Waals surface area contributed by atoms with Gasteiger partial charge < -0.3 is 5.32 Å². The summed E-state index contributed by atoms with van der Waals surface area (Å²) in [4.78, 5) is 12.9. The summed E-state index contributed by atoms with van der Waals surface area (Å²) in [7, 11) is 0. The second-order valence-electron chi connectivity index (χ2n) is 6.07. The number of aryl methyl sites for hydroxylation is 1. The van der Waals surface area contributed by atoms with E-state index < -0.39 is 17.6 Å². The topological polar surface area (TPSA) is 55.6 Å². The lowest BCUT2D eigenvalue weighted by Crippen LogP contribution is -2.06. The highest BCUT2D eigenvalue weighted by Gasteiger charge is 2.29. The fourth-order valence-electron chi connectivity index (χ4n) is 2.86. The number of alkyl halides is 3. The van der Waals surface area contributed by atoms with Crippen LogP contribution >= 0.6 is 0 Å².